The van der Waals surface area contributed by atoms with E-state index in [1.165, 1.54) is 30.8 Å². The highest BCUT2D eigenvalue weighted by Gasteiger charge is 2.48. The van der Waals surface area contributed by atoms with Crippen LogP contribution in [0.3, 0.4) is 0 Å². The summed E-state index contributed by atoms with van der Waals surface area (Å²) < 4.78 is 55.7. The average molecular weight is 663 g/mol. The van der Waals surface area contributed by atoms with Crippen molar-refractivity contribution in [2.75, 3.05) is 24.6 Å². The molecule has 0 spiro atoms. The number of carbonyl (C=O) groups excluding carboxylic acids is 2. The van der Waals surface area contributed by atoms with Gasteiger partial charge in [0, 0.05) is 36.0 Å². The van der Waals surface area contributed by atoms with Crippen molar-refractivity contribution in [3.05, 3.63) is 72.2 Å². The summed E-state index contributed by atoms with van der Waals surface area (Å²) in [7, 11) is 0. The van der Waals surface area contributed by atoms with Gasteiger partial charge in [-0.3, -0.25) is 4.79 Å². The van der Waals surface area contributed by atoms with E-state index in [1.807, 2.05) is 43.0 Å². The molecule has 48 heavy (non-hydrogen) atoms. The number of fused-ring (bicyclic) bond motifs is 3. The maximum atomic E-state index is 13.3. The van der Waals surface area contributed by atoms with E-state index in [4.69, 9.17) is 14.5 Å². The third-order valence-electron chi connectivity index (χ3n) is 8.18. The summed E-state index contributed by atoms with van der Waals surface area (Å²) in [5.41, 5.74) is 1.06. The second-order valence-electron chi connectivity index (χ2n) is 12.7. The van der Waals surface area contributed by atoms with Crippen LogP contribution in [0, 0.1) is 11.3 Å². The Balaban J connectivity index is 1.16. The van der Waals surface area contributed by atoms with Crippen molar-refractivity contribution < 1.29 is 37.0 Å². The van der Waals surface area contributed by atoms with E-state index in [-0.39, 0.29) is 36.5 Å². The molecule has 2 unspecified atom stereocenters. The minimum atomic E-state index is -5.13. The van der Waals surface area contributed by atoms with E-state index in [2.05, 4.69) is 20.8 Å². The van der Waals surface area contributed by atoms with E-state index >= 15 is 0 Å². The van der Waals surface area contributed by atoms with Crippen LogP contribution in [0.25, 0.3) is 16.6 Å². The van der Waals surface area contributed by atoms with Crippen molar-refractivity contribution in [2.24, 2.45) is 0 Å². The van der Waals surface area contributed by atoms with E-state index in [0.29, 0.717) is 40.9 Å². The standard InChI is InChI=1S/C34H33F3N6O5/c1-20(2)47-26-8-5-21(6-9-26)31(44)43-24-11-25(43)17-41(16-24)29-10-7-22(14-39-29)28-12-27(18-42-30(28)23(13-38)15-40-42)46-19-33(3,4)48-32(45)34(35,36)37/h5-10,12,14-15,18,20,24-25H,11,16-17,19H2,1-4H3. The number of ether oxygens (including phenoxy) is 3. The molecule has 0 saturated carbocycles. The quantitative estimate of drug-likeness (QED) is 0.216. The highest BCUT2D eigenvalue weighted by molar-refractivity contribution is 5.95. The van der Waals surface area contributed by atoms with Gasteiger partial charge in [-0.15, -0.1) is 0 Å². The molecule has 3 saturated heterocycles. The van der Waals surface area contributed by atoms with Gasteiger partial charge >= 0.3 is 12.1 Å². The number of hydrogen-bond donors (Lipinski definition) is 0. The number of alkyl halides is 3. The smallest absolute Gasteiger partial charge is 0.490 e. The highest BCUT2D eigenvalue weighted by atomic mass is 19.4. The van der Waals surface area contributed by atoms with Crippen LogP contribution < -0.4 is 14.4 Å². The van der Waals surface area contributed by atoms with Crippen LogP contribution in [0.5, 0.6) is 11.5 Å². The number of pyridine rings is 2. The van der Waals surface area contributed by atoms with Crippen molar-refractivity contribution in [3.63, 3.8) is 0 Å². The molecule has 1 amide bonds. The van der Waals surface area contributed by atoms with Gasteiger partial charge in [0.1, 0.15) is 35.6 Å². The molecule has 7 rings (SSSR count). The lowest BCUT2D eigenvalue weighted by molar-refractivity contribution is -0.213. The van der Waals surface area contributed by atoms with Crippen molar-refractivity contribution in [1.29, 1.82) is 5.26 Å². The van der Waals surface area contributed by atoms with Crippen molar-refractivity contribution in [3.8, 4) is 28.7 Å². The van der Waals surface area contributed by atoms with Gasteiger partial charge in [-0.25, -0.2) is 14.3 Å². The Hall–Kier alpha value is -5.32. The van der Waals surface area contributed by atoms with E-state index in [0.717, 1.165) is 18.0 Å². The first kappa shape index (κ1) is 32.6. The van der Waals surface area contributed by atoms with Crippen LogP contribution in [0.1, 0.15) is 50.0 Å². The number of amides is 1. The molecule has 0 N–H and O–H groups in total. The second kappa shape index (κ2) is 12.4. The predicted molar refractivity (Wildman–Crippen MR) is 168 cm³/mol. The summed E-state index contributed by atoms with van der Waals surface area (Å²) in [5, 5.41) is 14.0. The third kappa shape index (κ3) is 6.58. The topological polar surface area (TPSA) is 122 Å². The Labute approximate surface area is 274 Å². The number of aromatic nitrogens is 3. The van der Waals surface area contributed by atoms with Crippen LogP contribution in [-0.2, 0) is 9.53 Å². The molecular formula is C34H33F3N6O5. The molecule has 1 aromatic carbocycles. The first-order valence-electron chi connectivity index (χ1n) is 15.4. The van der Waals surface area contributed by atoms with Crippen molar-refractivity contribution in [1.82, 2.24) is 19.5 Å². The maximum absolute atomic E-state index is 13.3. The number of rotatable bonds is 9. The molecular weight excluding hydrogens is 629 g/mol. The number of nitriles is 1. The number of carbonyl (C=O) groups is 2. The molecule has 3 aliphatic rings. The SMILES string of the molecule is CC(C)Oc1ccc(C(=O)N2C3CC2CN(c2ccc(-c4cc(OCC(C)(C)OC(=O)C(F)(F)F)cn5ncc(C#N)c45)cn2)C3)cc1. The Morgan fingerprint density at radius 2 is 1.75 bits per heavy atom. The van der Waals surface area contributed by atoms with E-state index < -0.39 is 17.7 Å². The van der Waals surface area contributed by atoms with Crippen LogP contribution in [-0.4, -0.2) is 81.0 Å². The Bertz CT molecular complexity index is 1870. The molecule has 4 aromatic rings. The summed E-state index contributed by atoms with van der Waals surface area (Å²) in [6.07, 6.45) is 0.397. The summed E-state index contributed by atoms with van der Waals surface area (Å²) in [5.74, 6) is -0.622. The fourth-order valence-electron chi connectivity index (χ4n) is 6.03. The largest absolute Gasteiger partial charge is 0.491 e. The molecule has 2 bridgehead atoms. The fraction of sp³-hybridized carbons (Fsp3) is 0.382. The predicted octanol–water partition coefficient (Wildman–Crippen LogP) is 5.42. The van der Waals surface area contributed by atoms with Crippen LogP contribution >= 0.6 is 0 Å². The van der Waals surface area contributed by atoms with Gasteiger partial charge in [-0.2, -0.15) is 23.5 Å². The number of benzene rings is 1. The van der Waals surface area contributed by atoms with Gasteiger partial charge in [0.2, 0.25) is 0 Å². The zero-order chi connectivity index (χ0) is 34.4. The first-order chi connectivity index (χ1) is 22.7. The van der Waals surface area contributed by atoms with Crippen LogP contribution in [0.15, 0.2) is 61.1 Å². The zero-order valence-corrected chi connectivity index (χ0v) is 26.7. The summed E-state index contributed by atoms with van der Waals surface area (Å²) in [4.78, 5) is 33.5. The molecule has 0 aliphatic carbocycles. The Kier molecular flexibility index (Phi) is 8.40. The van der Waals surface area contributed by atoms with Gasteiger partial charge in [0.05, 0.1) is 41.7 Å². The van der Waals surface area contributed by atoms with Gasteiger partial charge in [-0.05, 0) is 76.6 Å². The summed E-state index contributed by atoms with van der Waals surface area (Å²) >= 11 is 0. The van der Waals surface area contributed by atoms with Crippen LogP contribution in [0.2, 0.25) is 0 Å². The Morgan fingerprint density at radius 3 is 2.35 bits per heavy atom. The van der Waals surface area contributed by atoms with E-state index in [1.54, 1.807) is 24.4 Å². The van der Waals surface area contributed by atoms with E-state index in [9.17, 15) is 28.0 Å². The molecule has 11 nitrogen and oxygen atoms in total. The molecule has 14 heteroatoms. The van der Waals surface area contributed by atoms with Crippen molar-refractivity contribution >= 4 is 23.2 Å². The number of piperazine rings is 1. The maximum Gasteiger partial charge on any atom is 0.490 e. The van der Waals surface area contributed by atoms with Gasteiger partial charge < -0.3 is 24.0 Å². The minimum absolute atomic E-state index is 0.00238. The van der Waals surface area contributed by atoms with Gasteiger partial charge in [-0.1, -0.05) is 0 Å². The lowest BCUT2D eigenvalue weighted by atomic mass is 9.86. The van der Waals surface area contributed by atoms with Gasteiger partial charge in [0.25, 0.3) is 5.91 Å². The lowest BCUT2D eigenvalue weighted by Gasteiger charge is -2.56. The number of piperidine rings is 1. The zero-order valence-electron chi connectivity index (χ0n) is 26.7. The lowest BCUT2D eigenvalue weighted by Crippen LogP contribution is -2.70. The Morgan fingerprint density at radius 1 is 1.04 bits per heavy atom. The number of nitrogens with zero attached hydrogens (tertiary/aromatic N) is 6. The second-order valence-corrected chi connectivity index (χ2v) is 12.7. The molecule has 250 valence electrons. The number of esters is 1. The average Bonchev–Trinajstić information content (AvgIpc) is 3.46. The number of anilines is 1. The molecule has 2 atom stereocenters. The summed E-state index contributed by atoms with van der Waals surface area (Å²) in [6, 6.07) is 14.8. The number of hydrogen-bond acceptors (Lipinski definition) is 9. The normalized spacial score (nSPS) is 17.6. The molecule has 3 fully saturated rings. The summed E-state index contributed by atoms with van der Waals surface area (Å²) in [6.45, 7) is 7.40. The van der Waals surface area contributed by atoms with Gasteiger partial charge in [0.15, 0.2) is 0 Å². The molecule has 6 heterocycles. The third-order valence-corrected chi connectivity index (χ3v) is 8.18. The number of halogens is 3. The molecule has 0 radical (unpaired) electrons. The molecule has 3 aromatic heterocycles. The monoisotopic (exact) mass is 662 g/mol. The minimum Gasteiger partial charge on any atom is -0.491 e. The first-order valence-corrected chi connectivity index (χ1v) is 15.4. The van der Waals surface area contributed by atoms with Crippen molar-refractivity contribution in [2.45, 2.75) is 64.1 Å². The highest BCUT2D eigenvalue weighted by Crippen LogP contribution is 2.37. The fourth-order valence-corrected chi connectivity index (χ4v) is 6.03. The van der Waals surface area contributed by atoms with Crippen LogP contribution in [0.4, 0.5) is 19.0 Å². The molecule has 3 aliphatic heterocycles.